The van der Waals surface area contributed by atoms with Gasteiger partial charge < -0.3 is 14.8 Å². The molecule has 5 nitrogen and oxygen atoms in total. The zero-order valence-corrected chi connectivity index (χ0v) is 12.9. The van der Waals surface area contributed by atoms with Crippen molar-refractivity contribution in [1.82, 2.24) is 9.97 Å². The van der Waals surface area contributed by atoms with Crippen LogP contribution in [0.2, 0.25) is 5.02 Å². The molecule has 0 saturated heterocycles. The number of benzene rings is 1. The van der Waals surface area contributed by atoms with Gasteiger partial charge in [-0.15, -0.1) is 0 Å². The van der Waals surface area contributed by atoms with Crippen molar-refractivity contribution >= 4 is 17.4 Å². The Morgan fingerprint density at radius 2 is 2.05 bits per heavy atom. The highest BCUT2D eigenvalue weighted by atomic mass is 35.5. The van der Waals surface area contributed by atoms with E-state index in [-0.39, 0.29) is 0 Å². The minimum atomic E-state index is 0.320. The Kier molecular flexibility index (Phi) is 5.78. The van der Waals surface area contributed by atoms with Crippen LogP contribution in [0.4, 0.5) is 5.82 Å². The second kappa shape index (κ2) is 7.81. The van der Waals surface area contributed by atoms with E-state index in [1.807, 2.05) is 12.1 Å². The Bertz CT molecular complexity index is 593. The second-order valence-corrected chi connectivity index (χ2v) is 4.81. The molecule has 0 fully saturated rings. The summed E-state index contributed by atoms with van der Waals surface area (Å²) in [7, 11) is 1.60. The highest BCUT2D eigenvalue weighted by molar-refractivity contribution is 6.32. The number of nitrogens with zero attached hydrogens (tertiary/aromatic N) is 2. The van der Waals surface area contributed by atoms with Gasteiger partial charge in [0.2, 0.25) is 5.88 Å². The molecule has 1 N–H and O–H groups in total. The Labute approximate surface area is 129 Å². The van der Waals surface area contributed by atoms with Crippen molar-refractivity contribution in [2.45, 2.75) is 20.0 Å². The molecule has 1 aromatic carbocycles. The van der Waals surface area contributed by atoms with E-state index in [0.717, 1.165) is 13.0 Å². The van der Waals surface area contributed by atoms with Gasteiger partial charge in [0.05, 0.1) is 5.02 Å². The topological polar surface area (TPSA) is 56.3 Å². The first-order valence-electron chi connectivity index (χ1n) is 6.76. The summed E-state index contributed by atoms with van der Waals surface area (Å²) < 4.78 is 10.8. The van der Waals surface area contributed by atoms with Crippen LogP contribution >= 0.6 is 11.6 Å². The molecule has 0 atom stereocenters. The minimum Gasteiger partial charge on any atom is -0.437 e. The largest absolute Gasteiger partial charge is 0.437 e. The summed E-state index contributed by atoms with van der Waals surface area (Å²) in [6.07, 6.45) is 1.00. The van der Waals surface area contributed by atoms with Crippen LogP contribution in [0.5, 0.6) is 11.6 Å². The highest BCUT2D eigenvalue weighted by Gasteiger charge is 2.08. The molecule has 0 unspecified atom stereocenters. The van der Waals surface area contributed by atoms with E-state index in [1.165, 1.54) is 0 Å². The highest BCUT2D eigenvalue weighted by Crippen LogP contribution is 2.28. The molecular weight excluding hydrogens is 290 g/mol. The number of ether oxygens (including phenoxy) is 2. The van der Waals surface area contributed by atoms with Gasteiger partial charge in [-0.3, -0.25) is 0 Å². The van der Waals surface area contributed by atoms with Crippen molar-refractivity contribution in [3.8, 4) is 11.6 Å². The number of hydrogen-bond acceptors (Lipinski definition) is 5. The first kappa shape index (κ1) is 15.5. The van der Waals surface area contributed by atoms with Gasteiger partial charge >= 0.3 is 0 Å². The van der Waals surface area contributed by atoms with Gasteiger partial charge in [0.25, 0.3) is 0 Å². The quantitative estimate of drug-likeness (QED) is 0.841. The van der Waals surface area contributed by atoms with Crippen LogP contribution in [0.3, 0.4) is 0 Å². The van der Waals surface area contributed by atoms with Gasteiger partial charge in [0, 0.05) is 19.7 Å². The molecule has 0 amide bonds. The number of hydrogen-bond donors (Lipinski definition) is 1. The van der Waals surface area contributed by atoms with E-state index >= 15 is 0 Å². The normalized spacial score (nSPS) is 10.4. The molecule has 2 rings (SSSR count). The molecule has 0 radical (unpaired) electrons. The van der Waals surface area contributed by atoms with Crippen molar-refractivity contribution in [2.24, 2.45) is 0 Å². The molecule has 21 heavy (non-hydrogen) atoms. The van der Waals surface area contributed by atoms with Gasteiger partial charge in [-0.05, 0) is 18.6 Å². The summed E-state index contributed by atoms with van der Waals surface area (Å²) in [6, 6.07) is 9.01. The summed E-state index contributed by atoms with van der Waals surface area (Å²) in [4.78, 5) is 8.68. The maximum atomic E-state index is 6.09. The smallest absolute Gasteiger partial charge is 0.224 e. The minimum absolute atomic E-state index is 0.320. The third-order valence-electron chi connectivity index (χ3n) is 2.63. The van der Waals surface area contributed by atoms with Crippen LogP contribution in [0.1, 0.15) is 19.2 Å². The molecule has 0 spiro atoms. The lowest BCUT2D eigenvalue weighted by atomic mass is 10.3. The van der Waals surface area contributed by atoms with E-state index in [1.54, 1.807) is 25.3 Å². The maximum absolute atomic E-state index is 6.09. The molecule has 1 aromatic heterocycles. The molecule has 0 bridgehead atoms. The molecule has 112 valence electrons. The van der Waals surface area contributed by atoms with E-state index < -0.39 is 0 Å². The molecule has 0 aliphatic carbocycles. The van der Waals surface area contributed by atoms with Crippen LogP contribution in [0.15, 0.2) is 30.3 Å². The zero-order valence-electron chi connectivity index (χ0n) is 12.1. The van der Waals surface area contributed by atoms with Crippen LogP contribution < -0.4 is 10.1 Å². The first-order valence-corrected chi connectivity index (χ1v) is 7.14. The maximum Gasteiger partial charge on any atom is 0.224 e. The van der Waals surface area contributed by atoms with Crippen molar-refractivity contribution in [3.63, 3.8) is 0 Å². The van der Waals surface area contributed by atoms with Gasteiger partial charge in [0.1, 0.15) is 18.2 Å². The third-order valence-corrected chi connectivity index (χ3v) is 2.94. The van der Waals surface area contributed by atoms with Crippen LogP contribution in [0.25, 0.3) is 0 Å². The fourth-order valence-corrected chi connectivity index (χ4v) is 1.88. The Hall–Kier alpha value is -1.85. The van der Waals surface area contributed by atoms with Crippen LogP contribution in [0, 0.1) is 0 Å². The number of methoxy groups -OCH3 is 1. The second-order valence-electron chi connectivity index (χ2n) is 4.40. The average molecular weight is 308 g/mol. The third kappa shape index (κ3) is 4.58. The predicted molar refractivity (Wildman–Crippen MR) is 83.1 cm³/mol. The Morgan fingerprint density at radius 3 is 2.76 bits per heavy atom. The van der Waals surface area contributed by atoms with Crippen molar-refractivity contribution < 1.29 is 9.47 Å². The van der Waals surface area contributed by atoms with Gasteiger partial charge in [0.15, 0.2) is 5.82 Å². The fraction of sp³-hybridized carbons (Fsp3) is 0.333. The Balaban J connectivity index is 2.24. The average Bonchev–Trinajstić information content (AvgIpc) is 2.48. The van der Waals surface area contributed by atoms with Crippen LogP contribution in [-0.2, 0) is 11.3 Å². The van der Waals surface area contributed by atoms with Crippen LogP contribution in [-0.4, -0.2) is 23.6 Å². The Morgan fingerprint density at radius 1 is 1.24 bits per heavy atom. The van der Waals surface area contributed by atoms with Crippen molar-refractivity contribution in [1.29, 1.82) is 0 Å². The summed E-state index contributed by atoms with van der Waals surface area (Å²) >= 11 is 6.09. The number of anilines is 1. The lowest BCUT2D eigenvalue weighted by molar-refractivity contribution is 0.177. The first-order chi connectivity index (χ1) is 10.2. The molecule has 0 saturated carbocycles. The number of rotatable bonds is 7. The molecule has 0 aliphatic heterocycles. The van der Waals surface area contributed by atoms with E-state index in [4.69, 9.17) is 21.1 Å². The molecule has 2 aromatic rings. The molecule has 6 heteroatoms. The SMILES string of the molecule is CCCNc1cc(Oc2ccccc2Cl)nc(COC)n1. The van der Waals surface area contributed by atoms with Gasteiger partial charge in [-0.25, -0.2) is 4.98 Å². The van der Waals surface area contributed by atoms with Crippen molar-refractivity contribution in [3.05, 3.63) is 41.2 Å². The van der Waals surface area contributed by atoms with Crippen molar-refractivity contribution in [2.75, 3.05) is 19.0 Å². The number of para-hydroxylation sites is 1. The molecular formula is C15H18ClN3O2. The zero-order chi connectivity index (χ0) is 15.1. The monoisotopic (exact) mass is 307 g/mol. The van der Waals surface area contributed by atoms with Gasteiger partial charge in [-0.2, -0.15) is 4.98 Å². The predicted octanol–water partition coefficient (Wildman–Crippen LogP) is 3.89. The van der Waals surface area contributed by atoms with E-state index in [2.05, 4.69) is 22.2 Å². The van der Waals surface area contributed by atoms with E-state index in [0.29, 0.717) is 34.9 Å². The standard InChI is InChI=1S/C15H18ClN3O2/c1-3-8-17-13-9-15(19-14(18-13)10-20-2)21-12-7-5-4-6-11(12)16/h4-7,9H,3,8,10H2,1-2H3,(H,17,18,19). The fourth-order valence-electron chi connectivity index (χ4n) is 1.70. The summed E-state index contributed by atoms with van der Waals surface area (Å²) in [5.74, 6) is 2.26. The number of aromatic nitrogens is 2. The molecule has 1 heterocycles. The summed E-state index contributed by atoms with van der Waals surface area (Å²) in [5, 5.41) is 3.75. The molecule has 0 aliphatic rings. The van der Waals surface area contributed by atoms with Gasteiger partial charge in [-0.1, -0.05) is 30.7 Å². The summed E-state index contributed by atoms with van der Waals surface area (Å²) in [5.41, 5.74) is 0. The summed E-state index contributed by atoms with van der Waals surface area (Å²) in [6.45, 7) is 3.24. The lowest BCUT2D eigenvalue weighted by Crippen LogP contribution is -2.06. The number of nitrogens with one attached hydrogen (secondary N) is 1. The lowest BCUT2D eigenvalue weighted by Gasteiger charge is -2.10. The number of halogens is 1. The van der Waals surface area contributed by atoms with E-state index in [9.17, 15) is 0 Å².